The van der Waals surface area contributed by atoms with E-state index in [9.17, 15) is 5.11 Å². The topological polar surface area (TPSA) is 20.2 Å². The molecule has 0 amide bonds. The van der Waals surface area contributed by atoms with Crippen LogP contribution in [-0.2, 0) is 0 Å². The highest BCUT2D eigenvalue weighted by atomic mass is 35.5. The van der Waals surface area contributed by atoms with Crippen LogP contribution in [0.25, 0.3) is 0 Å². The van der Waals surface area contributed by atoms with Crippen molar-refractivity contribution in [1.82, 2.24) is 0 Å². The molecule has 2 heteroatoms. The fraction of sp³-hybridized carbons (Fsp3) is 0.571. The summed E-state index contributed by atoms with van der Waals surface area (Å²) in [6.07, 6.45) is 2.76. The van der Waals surface area contributed by atoms with Crippen molar-refractivity contribution in [2.45, 2.75) is 46.1 Å². The molecule has 0 aliphatic heterocycles. The van der Waals surface area contributed by atoms with Crippen molar-refractivity contribution in [3.8, 4) is 0 Å². The maximum atomic E-state index is 10.1. The number of aryl methyl sites for hydroxylation is 1. The summed E-state index contributed by atoms with van der Waals surface area (Å²) in [7, 11) is 0. The second kappa shape index (κ2) is 6.27. The van der Waals surface area contributed by atoms with E-state index in [1.54, 1.807) is 0 Å². The summed E-state index contributed by atoms with van der Waals surface area (Å²) in [6.45, 7) is 6.36. The zero-order chi connectivity index (χ0) is 12.1. The van der Waals surface area contributed by atoms with Gasteiger partial charge < -0.3 is 5.11 Å². The lowest BCUT2D eigenvalue weighted by molar-refractivity contribution is 0.145. The van der Waals surface area contributed by atoms with E-state index in [1.807, 2.05) is 25.1 Å². The largest absolute Gasteiger partial charge is 0.388 e. The third-order valence-electron chi connectivity index (χ3n) is 2.86. The highest BCUT2D eigenvalue weighted by Gasteiger charge is 2.12. The molecule has 1 aromatic rings. The normalized spacial score (nSPS) is 14.8. The van der Waals surface area contributed by atoms with E-state index in [0.717, 1.165) is 24.0 Å². The van der Waals surface area contributed by atoms with Gasteiger partial charge in [0.15, 0.2) is 0 Å². The fourth-order valence-corrected chi connectivity index (χ4v) is 2.38. The summed E-state index contributed by atoms with van der Waals surface area (Å²) in [6, 6.07) is 5.78. The summed E-state index contributed by atoms with van der Waals surface area (Å²) in [5.41, 5.74) is 2.04. The highest BCUT2D eigenvalue weighted by Crippen LogP contribution is 2.26. The zero-order valence-corrected chi connectivity index (χ0v) is 11.1. The van der Waals surface area contributed by atoms with Crippen LogP contribution in [0.4, 0.5) is 0 Å². The van der Waals surface area contributed by atoms with Crippen LogP contribution in [0, 0.1) is 12.8 Å². The van der Waals surface area contributed by atoms with Crippen LogP contribution >= 0.6 is 11.6 Å². The number of hydrogen-bond donors (Lipinski definition) is 1. The average Bonchev–Trinajstić information content (AvgIpc) is 2.16. The van der Waals surface area contributed by atoms with Crippen LogP contribution in [0.2, 0.25) is 5.02 Å². The Morgan fingerprint density at radius 3 is 2.56 bits per heavy atom. The molecule has 16 heavy (non-hydrogen) atoms. The van der Waals surface area contributed by atoms with Crippen LogP contribution in [0.3, 0.4) is 0 Å². The number of benzene rings is 1. The lowest BCUT2D eigenvalue weighted by Gasteiger charge is -2.16. The molecule has 0 bridgehead atoms. The monoisotopic (exact) mass is 240 g/mol. The van der Waals surface area contributed by atoms with E-state index < -0.39 is 0 Å². The Morgan fingerprint density at radius 2 is 2.00 bits per heavy atom. The second-order valence-electron chi connectivity index (χ2n) is 4.71. The molecule has 2 atom stereocenters. The smallest absolute Gasteiger partial charge is 0.0793 e. The molecule has 0 aliphatic rings. The Bertz CT molecular complexity index is 315. The molecule has 0 spiro atoms. The SMILES string of the molecule is CCCC(C)CC(O)c1cc(C)cc(Cl)c1. The van der Waals surface area contributed by atoms with Crippen LogP contribution < -0.4 is 0 Å². The Labute approximate surface area is 103 Å². The minimum atomic E-state index is -0.390. The third-order valence-corrected chi connectivity index (χ3v) is 3.07. The van der Waals surface area contributed by atoms with Gasteiger partial charge in [0.25, 0.3) is 0 Å². The van der Waals surface area contributed by atoms with Crippen molar-refractivity contribution in [3.63, 3.8) is 0 Å². The van der Waals surface area contributed by atoms with Crippen molar-refractivity contribution in [2.75, 3.05) is 0 Å². The van der Waals surface area contributed by atoms with Crippen LogP contribution in [-0.4, -0.2) is 5.11 Å². The maximum Gasteiger partial charge on any atom is 0.0793 e. The van der Waals surface area contributed by atoms with Gasteiger partial charge in [-0.3, -0.25) is 0 Å². The van der Waals surface area contributed by atoms with Crippen molar-refractivity contribution in [3.05, 3.63) is 34.3 Å². The van der Waals surface area contributed by atoms with Gasteiger partial charge in [-0.25, -0.2) is 0 Å². The van der Waals surface area contributed by atoms with E-state index in [4.69, 9.17) is 11.6 Å². The minimum absolute atomic E-state index is 0.390. The fourth-order valence-electron chi connectivity index (χ4n) is 2.08. The lowest BCUT2D eigenvalue weighted by Crippen LogP contribution is -2.04. The second-order valence-corrected chi connectivity index (χ2v) is 5.14. The number of rotatable bonds is 5. The van der Waals surface area contributed by atoms with Gasteiger partial charge in [0.05, 0.1) is 6.10 Å². The molecule has 0 saturated heterocycles. The van der Waals surface area contributed by atoms with Gasteiger partial charge in [-0.1, -0.05) is 44.4 Å². The summed E-state index contributed by atoms with van der Waals surface area (Å²) in [5.74, 6) is 0.555. The van der Waals surface area contributed by atoms with Gasteiger partial charge in [-0.15, -0.1) is 0 Å². The highest BCUT2D eigenvalue weighted by molar-refractivity contribution is 6.30. The van der Waals surface area contributed by atoms with Crippen LogP contribution in [0.5, 0.6) is 0 Å². The molecule has 0 saturated carbocycles. The molecule has 1 N–H and O–H groups in total. The Balaban J connectivity index is 2.68. The van der Waals surface area contributed by atoms with Crippen molar-refractivity contribution in [2.24, 2.45) is 5.92 Å². The first kappa shape index (κ1) is 13.5. The minimum Gasteiger partial charge on any atom is -0.388 e. The molecule has 0 aromatic heterocycles. The predicted octanol–water partition coefficient (Wildman–Crippen LogP) is 4.51. The van der Waals surface area contributed by atoms with E-state index in [0.29, 0.717) is 10.9 Å². The predicted molar refractivity (Wildman–Crippen MR) is 69.8 cm³/mol. The molecule has 1 rings (SSSR count). The quantitative estimate of drug-likeness (QED) is 0.803. The zero-order valence-electron chi connectivity index (χ0n) is 10.3. The third kappa shape index (κ3) is 4.15. The number of aliphatic hydroxyl groups excluding tert-OH is 1. The first-order valence-corrected chi connectivity index (χ1v) is 6.36. The number of hydrogen-bond acceptors (Lipinski definition) is 1. The molecule has 0 heterocycles. The van der Waals surface area contributed by atoms with Crippen LogP contribution in [0.15, 0.2) is 18.2 Å². The summed E-state index contributed by atoms with van der Waals surface area (Å²) < 4.78 is 0. The number of halogens is 1. The van der Waals surface area contributed by atoms with Crippen molar-refractivity contribution >= 4 is 11.6 Å². The lowest BCUT2D eigenvalue weighted by atomic mass is 9.94. The van der Waals surface area contributed by atoms with E-state index in [2.05, 4.69) is 13.8 Å². The molecule has 1 nitrogen and oxygen atoms in total. The molecule has 0 radical (unpaired) electrons. The Kier molecular flexibility index (Phi) is 5.30. The molecule has 1 aromatic carbocycles. The van der Waals surface area contributed by atoms with Crippen LogP contribution in [0.1, 0.15) is 50.3 Å². The molecule has 0 fully saturated rings. The standard InChI is InChI=1S/C14H21ClO/c1-4-5-10(2)8-14(16)12-6-11(3)7-13(15)9-12/h6-7,9-10,14,16H,4-5,8H2,1-3H3. The van der Waals surface area contributed by atoms with E-state index in [-0.39, 0.29) is 6.10 Å². The first-order chi connectivity index (χ1) is 7.52. The van der Waals surface area contributed by atoms with Gasteiger partial charge in [0.1, 0.15) is 0 Å². The van der Waals surface area contributed by atoms with Gasteiger partial charge in [-0.05, 0) is 42.5 Å². The van der Waals surface area contributed by atoms with Gasteiger partial charge in [-0.2, -0.15) is 0 Å². The summed E-state index contributed by atoms with van der Waals surface area (Å²) >= 11 is 5.98. The van der Waals surface area contributed by atoms with Gasteiger partial charge in [0, 0.05) is 5.02 Å². The van der Waals surface area contributed by atoms with E-state index in [1.165, 1.54) is 6.42 Å². The molecule has 2 unspecified atom stereocenters. The summed E-state index contributed by atoms with van der Waals surface area (Å²) in [4.78, 5) is 0. The first-order valence-electron chi connectivity index (χ1n) is 5.98. The van der Waals surface area contributed by atoms with E-state index >= 15 is 0 Å². The summed E-state index contributed by atoms with van der Waals surface area (Å²) in [5, 5.41) is 10.8. The average molecular weight is 241 g/mol. The van der Waals surface area contributed by atoms with Crippen molar-refractivity contribution < 1.29 is 5.11 Å². The molecule has 0 aliphatic carbocycles. The van der Waals surface area contributed by atoms with Gasteiger partial charge in [0.2, 0.25) is 0 Å². The molecular weight excluding hydrogens is 220 g/mol. The number of aliphatic hydroxyl groups is 1. The van der Waals surface area contributed by atoms with Crippen molar-refractivity contribution in [1.29, 1.82) is 0 Å². The van der Waals surface area contributed by atoms with Gasteiger partial charge >= 0.3 is 0 Å². The molecular formula is C14H21ClO. The maximum absolute atomic E-state index is 10.1. The Hall–Kier alpha value is -0.530. The molecule has 90 valence electrons. The Morgan fingerprint density at radius 1 is 1.31 bits per heavy atom.